The number of alkyl halides is 2. The first-order valence-corrected chi connectivity index (χ1v) is 14.3. The molecule has 0 aliphatic heterocycles. The van der Waals surface area contributed by atoms with Crippen molar-refractivity contribution in [1.82, 2.24) is 0 Å². The van der Waals surface area contributed by atoms with Crippen LogP contribution in [0.2, 0.25) is 0 Å². The molecule has 4 aromatic carbocycles. The molecular weight excluding hydrogens is 533 g/mol. The Morgan fingerprint density at radius 3 is 1.29 bits per heavy atom. The average molecular weight is 553 g/mol. The van der Waals surface area contributed by atoms with E-state index in [0.717, 1.165) is 22.7 Å². The first-order chi connectivity index (χ1) is 16.7. The van der Waals surface area contributed by atoms with Crippen LogP contribution in [-0.4, -0.2) is 10.2 Å². The van der Waals surface area contributed by atoms with E-state index in [4.69, 9.17) is 23.2 Å². The summed E-state index contributed by atoms with van der Waals surface area (Å²) < 4.78 is 55.1. The van der Waals surface area contributed by atoms with Gasteiger partial charge in [0.15, 0.2) is 0 Å². The quantitative estimate of drug-likeness (QED) is 0.122. The fraction of sp³-hybridized carbons (Fsp3) is 0.111. The van der Waals surface area contributed by atoms with Crippen molar-refractivity contribution in [1.29, 1.82) is 0 Å². The topological polar surface area (TPSA) is 0 Å². The van der Waals surface area contributed by atoms with Gasteiger partial charge in [-0.05, 0) is 73.9 Å². The van der Waals surface area contributed by atoms with Crippen LogP contribution in [-0.2, 0) is 0 Å². The predicted molar refractivity (Wildman–Crippen MR) is 142 cm³/mol. The van der Waals surface area contributed by atoms with E-state index in [1.54, 1.807) is 0 Å². The molecule has 0 aromatic heterocycles. The minimum atomic E-state index is -1.56. The molecule has 8 heteroatoms. The molecule has 4 aromatic rings. The predicted octanol–water partition coefficient (Wildman–Crippen LogP) is 7.33. The largest absolute Gasteiger partial charge is 0.207 e. The van der Waals surface area contributed by atoms with Gasteiger partial charge in [-0.2, -0.15) is 0 Å². The van der Waals surface area contributed by atoms with E-state index in [1.807, 2.05) is 60.7 Å². The van der Waals surface area contributed by atoms with Gasteiger partial charge in [-0.25, -0.2) is 17.6 Å². The molecule has 0 fully saturated rings. The van der Waals surface area contributed by atoms with Crippen LogP contribution in [0.3, 0.4) is 0 Å². The summed E-state index contributed by atoms with van der Waals surface area (Å²) in [5.74, 6) is -3.04. The molecule has 0 saturated carbocycles. The molecule has 0 spiro atoms. The van der Waals surface area contributed by atoms with Crippen LogP contribution >= 0.6 is 39.0 Å². The highest BCUT2D eigenvalue weighted by atomic mass is 35.5. The summed E-state index contributed by atoms with van der Waals surface area (Å²) in [7, 11) is -2.80. The highest BCUT2D eigenvalue weighted by Gasteiger charge is 2.37. The number of halogens is 6. The zero-order valence-electron chi connectivity index (χ0n) is 18.3. The Bertz CT molecular complexity index is 1160. The van der Waals surface area contributed by atoms with Gasteiger partial charge in [-0.3, -0.25) is 0 Å². The standard InChI is InChI=1S/C27H20Cl2F4P2/c28-27(29,35(23-7-3-1-4-8-23)24-9-5-2-6-10-24)11-12-34(25-15-19(30)13-20(31)16-25)26-17-21(32)14-22(33)18-26/h1-10,13-18H,11-12H2. The van der Waals surface area contributed by atoms with Gasteiger partial charge in [0.25, 0.3) is 0 Å². The third kappa shape index (κ3) is 6.63. The molecule has 0 radical (unpaired) electrons. The van der Waals surface area contributed by atoms with Crippen LogP contribution < -0.4 is 21.2 Å². The van der Waals surface area contributed by atoms with Crippen LogP contribution in [0.1, 0.15) is 6.42 Å². The molecule has 35 heavy (non-hydrogen) atoms. The molecule has 0 bridgehead atoms. The Balaban J connectivity index is 1.72. The van der Waals surface area contributed by atoms with Crippen molar-refractivity contribution in [2.75, 3.05) is 6.16 Å². The second-order valence-corrected chi connectivity index (χ2v) is 14.6. The first kappa shape index (κ1) is 26.1. The van der Waals surface area contributed by atoms with Crippen LogP contribution in [0.15, 0.2) is 97.1 Å². The zero-order valence-corrected chi connectivity index (χ0v) is 21.6. The Morgan fingerprint density at radius 1 is 0.543 bits per heavy atom. The maximum atomic E-state index is 14.1. The lowest BCUT2D eigenvalue weighted by Gasteiger charge is -2.33. The summed E-state index contributed by atoms with van der Waals surface area (Å²) in [5, 5.41) is 2.57. The van der Waals surface area contributed by atoms with Crippen LogP contribution in [0, 0.1) is 23.3 Å². The van der Waals surface area contributed by atoms with Crippen LogP contribution in [0.25, 0.3) is 0 Å². The zero-order chi connectivity index (χ0) is 25.0. The third-order valence-corrected chi connectivity index (χ3v) is 11.6. The van der Waals surface area contributed by atoms with E-state index in [0.29, 0.717) is 10.6 Å². The molecule has 0 atom stereocenters. The Hall–Kier alpha value is -1.96. The molecule has 0 aliphatic rings. The van der Waals surface area contributed by atoms with Crippen molar-refractivity contribution in [2.24, 2.45) is 0 Å². The molecule has 0 unspecified atom stereocenters. The minimum Gasteiger partial charge on any atom is -0.207 e. The maximum absolute atomic E-state index is 14.1. The third-order valence-electron chi connectivity index (χ3n) is 5.31. The van der Waals surface area contributed by atoms with E-state index in [2.05, 4.69) is 0 Å². The summed E-state index contributed by atoms with van der Waals surface area (Å²) in [4.78, 5) is 0. The molecule has 4 rings (SSSR count). The average Bonchev–Trinajstić information content (AvgIpc) is 2.79. The number of hydrogen-bond acceptors (Lipinski definition) is 0. The van der Waals surface area contributed by atoms with Crippen molar-refractivity contribution in [3.8, 4) is 0 Å². The van der Waals surface area contributed by atoms with Crippen molar-refractivity contribution in [3.05, 3.63) is 120 Å². The molecule has 0 amide bonds. The second kappa shape index (κ2) is 11.4. The summed E-state index contributed by atoms with van der Waals surface area (Å²) >= 11 is 14.0. The lowest BCUT2D eigenvalue weighted by atomic mass is 10.3. The van der Waals surface area contributed by atoms with Crippen molar-refractivity contribution in [2.45, 2.75) is 10.5 Å². The van der Waals surface area contributed by atoms with Crippen LogP contribution in [0.5, 0.6) is 0 Å². The SMILES string of the molecule is Fc1cc(F)cc(P(CCC(Cl)(Cl)P(c2ccccc2)c2ccccc2)c2cc(F)cc(F)c2)c1. The highest BCUT2D eigenvalue weighted by Crippen LogP contribution is 2.57. The van der Waals surface area contributed by atoms with Gasteiger partial charge in [-0.1, -0.05) is 83.9 Å². The molecule has 0 N–H and O–H groups in total. The monoisotopic (exact) mass is 552 g/mol. The maximum Gasteiger partial charge on any atom is 0.145 e. The molecule has 180 valence electrons. The molecular formula is C27H20Cl2F4P2. The van der Waals surface area contributed by atoms with Gasteiger partial charge in [0.1, 0.15) is 27.3 Å². The Labute approximate surface area is 214 Å². The molecule has 0 heterocycles. The fourth-order valence-corrected chi connectivity index (χ4v) is 10.5. The number of benzene rings is 4. The van der Waals surface area contributed by atoms with Gasteiger partial charge in [0.05, 0.1) is 0 Å². The van der Waals surface area contributed by atoms with E-state index >= 15 is 0 Å². The molecule has 0 saturated heterocycles. The van der Waals surface area contributed by atoms with E-state index in [9.17, 15) is 17.6 Å². The smallest absolute Gasteiger partial charge is 0.145 e. The lowest BCUT2D eigenvalue weighted by molar-refractivity contribution is 0.585. The van der Waals surface area contributed by atoms with Gasteiger partial charge < -0.3 is 0 Å². The normalized spacial score (nSPS) is 11.9. The van der Waals surface area contributed by atoms with Crippen molar-refractivity contribution >= 4 is 60.3 Å². The summed E-state index contributed by atoms with van der Waals surface area (Å²) in [6.45, 7) is 0. The van der Waals surface area contributed by atoms with Crippen molar-refractivity contribution in [3.63, 3.8) is 0 Å². The molecule has 0 nitrogen and oxygen atoms in total. The highest BCUT2D eigenvalue weighted by molar-refractivity contribution is 7.77. The summed E-state index contributed by atoms with van der Waals surface area (Å²) in [6.07, 6.45) is 0.500. The van der Waals surface area contributed by atoms with Crippen molar-refractivity contribution < 1.29 is 17.6 Å². The Morgan fingerprint density at radius 2 is 0.914 bits per heavy atom. The lowest BCUT2D eigenvalue weighted by Crippen LogP contribution is -2.27. The van der Waals surface area contributed by atoms with Gasteiger partial charge in [0.2, 0.25) is 0 Å². The van der Waals surface area contributed by atoms with Gasteiger partial charge >= 0.3 is 0 Å². The first-order valence-electron chi connectivity index (χ1n) is 10.7. The van der Waals surface area contributed by atoms with Gasteiger partial charge in [0, 0.05) is 12.1 Å². The second-order valence-electron chi connectivity index (χ2n) is 7.83. The number of rotatable bonds is 8. The van der Waals surface area contributed by atoms with Gasteiger partial charge in [-0.15, -0.1) is 0 Å². The Kier molecular flexibility index (Phi) is 8.50. The summed E-state index contributed by atoms with van der Waals surface area (Å²) in [5.41, 5.74) is 0. The van der Waals surface area contributed by atoms with E-state index in [-0.39, 0.29) is 12.6 Å². The molecule has 0 aliphatic carbocycles. The number of hydrogen-bond donors (Lipinski definition) is 0. The summed E-state index contributed by atoms with van der Waals surface area (Å²) in [6, 6.07) is 25.6. The van der Waals surface area contributed by atoms with E-state index in [1.165, 1.54) is 24.3 Å². The fourth-order valence-electron chi connectivity index (χ4n) is 3.84. The van der Waals surface area contributed by atoms with Crippen LogP contribution in [0.4, 0.5) is 17.6 Å². The minimum absolute atomic E-state index is 0.230. The van der Waals surface area contributed by atoms with E-state index < -0.39 is 43.2 Å².